The fourth-order valence-electron chi connectivity index (χ4n) is 4.22. The zero-order valence-electron chi connectivity index (χ0n) is 19.8. The Morgan fingerprint density at radius 2 is 1.70 bits per heavy atom. The minimum absolute atomic E-state index is 0.000815. The van der Waals surface area contributed by atoms with Gasteiger partial charge in [-0.25, -0.2) is 0 Å². The zero-order valence-corrected chi connectivity index (χ0v) is 20.6. The van der Waals surface area contributed by atoms with Gasteiger partial charge < -0.3 is 14.8 Å². The molecule has 0 bridgehead atoms. The molecule has 0 radical (unpaired) electrons. The molecule has 0 aromatic heterocycles. The summed E-state index contributed by atoms with van der Waals surface area (Å²) in [4.78, 5) is 27.6. The van der Waals surface area contributed by atoms with Crippen molar-refractivity contribution in [3.8, 4) is 11.5 Å². The zero-order chi connectivity index (χ0) is 24.0. The summed E-state index contributed by atoms with van der Waals surface area (Å²) in [6.45, 7) is 6.04. The smallest absolute Gasteiger partial charge is 0.238 e. The number of hydrogen-bond donors (Lipinski definition) is 1. The Labute approximate surface area is 201 Å². The Balaban J connectivity index is 1.52. The molecule has 2 aromatic carbocycles. The maximum absolute atomic E-state index is 12.9. The number of carbonyl (C=O) groups is 2. The maximum Gasteiger partial charge on any atom is 0.238 e. The predicted octanol–water partition coefficient (Wildman–Crippen LogP) is 5.09. The van der Waals surface area contributed by atoms with Gasteiger partial charge in [-0.15, -0.1) is 0 Å². The predicted molar refractivity (Wildman–Crippen MR) is 132 cm³/mol. The molecule has 0 atom stereocenters. The Kier molecular flexibility index (Phi) is 8.75. The second-order valence-electron chi connectivity index (χ2n) is 8.94. The SMILES string of the molecule is COc1cc(NC(=O)CN2CCC(C(=O)c3ccc(CC(C)C)cc3)CC2)c(OC)cc1Cl. The van der Waals surface area contributed by atoms with Crippen molar-refractivity contribution in [1.82, 2.24) is 4.90 Å². The first kappa shape index (κ1) is 25.1. The minimum Gasteiger partial charge on any atom is -0.495 e. The van der Waals surface area contributed by atoms with E-state index in [2.05, 4.69) is 36.2 Å². The number of halogens is 1. The van der Waals surface area contributed by atoms with Crippen LogP contribution >= 0.6 is 11.6 Å². The van der Waals surface area contributed by atoms with Gasteiger partial charge in [0, 0.05) is 23.6 Å². The van der Waals surface area contributed by atoms with Gasteiger partial charge in [0.1, 0.15) is 11.5 Å². The lowest BCUT2D eigenvalue weighted by Crippen LogP contribution is -2.40. The number of Topliss-reactive ketones (excluding diaryl/α,β-unsaturated/α-hetero) is 1. The van der Waals surface area contributed by atoms with Crippen molar-refractivity contribution in [3.05, 3.63) is 52.5 Å². The lowest BCUT2D eigenvalue weighted by atomic mass is 9.88. The highest BCUT2D eigenvalue weighted by molar-refractivity contribution is 6.32. The summed E-state index contributed by atoms with van der Waals surface area (Å²) >= 11 is 6.13. The molecule has 7 heteroatoms. The molecule has 1 N–H and O–H groups in total. The molecule has 1 amide bonds. The molecule has 178 valence electrons. The second kappa shape index (κ2) is 11.5. The van der Waals surface area contributed by atoms with E-state index in [4.69, 9.17) is 21.1 Å². The van der Waals surface area contributed by atoms with Crippen molar-refractivity contribution in [2.24, 2.45) is 11.8 Å². The number of likely N-dealkylation sites (tertiary alicyclic amines) is 1. The van der Waals surface area contributed by atoms with Crippen LogP contribution in [0.25, 0.3) is 0 Å². The fraction of sp³-hybridized carbons (Fsp3) is 0.462. The summed E-state index contributed by atoms with van der Waals surface area (Å²) < 4.78 is 10.5. The number of anilines is 1. The quantitative estimate of drug-likeness (QED) is 0.515. The van der Waals surface area contributed by atoms with Crippen LogP contribution in [-0.4, -0.2) is 50.4 Å². The standard InChI is InChI=1S/C26H33ClN2O4/c1-17(2)13-18-5-7-19(8-6-18)26(31)20-9-11-29(12-10-20)16-25(30)28-22-15-23(32-3)21(27)14-24(22)33-4/h5-8,14-15,17,20H,9-13,16H2,1-4H3,(H,28,30). The number of methoxy groups -OCH3 is 2. The number of ether oxygens (including phenoxy) is 2. The monoisotopic (exact) mass is 472 g/mol. The van der Waals surface area contributed by atoms with E-state index in [0.717, 1.165) is 24.8 Å². The number of hydrogen-bond acceptors (Lipinski definition) is 5. The summed E-state index contributed by atoms with van der Waals surface area (Å²) in [5, 5.41) is 3.29. The van der Waals surface area contributed by atoms with Crippen LogP contribution in [0.1, 0.15) is 42.6 Å². The summed E-state index contributed by atoms with van der Waals surface area (Å²) in [6, 6.07) is 11.3. The van der Waals surface area contributed by atoms with Gasteiger partial charge >= 0.3 is 0 Å². The largest absolute Gasteiger partial charge is 0.495 e. The molecular formula is C26H33ClN2O4. The van der Waals surface area contributed by atoms with E-state index >= 15 is 0 Å². The van der Waals surface area contributed by atoms with Crippen LogP contribution in [0.5, 0.6) is 11.5 Å². The second-order valence-corrected chi connectivity index (χ2v) is 9.35. The van der Waals surface area contributed by atoms with Crippen molar-refractivity contribution in [1.29, 1.82) is 0 Å². The Hall–Kier alpha value is -2.57. The first-order valence-corrected chi connectivity index (χ1v) is 11.7. The number of rotatable bonds is 9. The third kappa shape index (κ3) is 6.71. The molecule has 0 spiro atoms. The van der Waals surface area contributed by atoms with Gasteiger partial charge in [0.15, 0.2) is 5.78 Å². The van der Waals surface area contributed by atoms with E-state index in [0.29, 0.717) is 41.2 Å². The molecule has 1 fully saturated rings. The number of piperidine rings is 1. The molecule has 1 saturated heterocycles. The third-order valence-corrected chi connectivity index (χ3v) is 6.25. The van der Waals surface area contributed by atoms with Crippen molar-refractivity contribution in [2.45, 2.75) is 33.1 Å². The molecule has 0 saturated carbocycles. The number of amides is 1. The maximum atomic E-state index is 12.9. The molecule has 33 heavy (non-hydrogen) atoms. The number of benzene rings is 2. The van der Waals surface area contributed by atoms with E-state index in [-0.39, 0.29) is 24.2 Å². The summed E-state index contributed by atoms with van der Waals surface area (Å²) in [5.41, 5.74) is 2.55. The van der Waals surface area contributed by atoms with Crippen LogP contribution in [0.4, 0.5) is 5.69 Å². The van der Waals surface area contributed by atoms with Gasteiger partial charge in [-0.2, -0.15) is 0 Å². The molecule has 2 aromatic rings. The number of nitrogens with zero attached hydrogens (tertiary/aromatic N) is 1. The minimum atomic E-state index is -0.150. The van der Waals surface area contributed by atoms with Crippen molar-refractivity contribution in [2.75, 3.05) is 39.2 Å². The van der Waals surface area contributed by atoms with Crippen LogP contribution in [0.3, 0.4) is 0 Å². The Bertz CT molecular complexity index is 967. The molecule has 1 heterocycles. The average Bonchev–Trinajstić information content (AvgIpc) is 2.80. The lowest BCUT2D eigenvalue weighted by Gasteiger charge is -2.30. The van der Waals surface area contributed by atoms with Gasteiger partial charge in [-0.3, -0.25) is 14.5 Å². The van der Waals surface area contributed by atoms with Crippen LogP contribution in [0.15, 0.2) is 36.4 Å². The van der Waals surface area contributed by atoms with Crippen molar-refractivity contribution < 1.29 is 19.1 Å². The molecule has 1 aliphatic heterocycles. The van der Waals surface area contributed by atoms with E-state index in [9.17, 15) is 9.59 Å². The van der Waals surface area contributed by atoms with Crippen molar-refractivity contribution in [3.63, 3.8) is 0 Å². The molecule has 3 rings (SSSR count). The number of ketones is 1. The van der Waals surface area contributed by atoms with E-state index in [1.807, 2.05) is 12.1 Å². The van der Waals surface area contributed by atoms with Crippen LogP contribution in [0, 0.1) is 11.8 Å². The molecule has 0 unspecified atom stereocenters. The van der Waals surface area contributed by atoms with Crippen LogP contribution in [-0.2, 0) is 11.2 Å². The highest BCUT2D eigenvalue weighted by Crippen LogP contribution is 2.35. The summed E-state index contributed by atoms with van der Waals surface area (Å²) in [5.74, 6) is 1.58. The van der Waals surface area contributed by atoms with E-state index < -0.39 is 0 Å². The van der Waals surface area contributed by atoms with Crippen LogP contribution < -0.4 is 14.8 Å². The van der Waals surface area contributed by atoms with Gasteiger partial charge in [0.2, 0.25) is 5.91 Å². The highest BCUT2D eigenvalue weighted by Gasteiger charge is 2.27. The first-order chi connectivity index (χ1) is 15.8. The lowest BCUT2D eigenvalue weighted by molar-refractivity contribution is -0.117. The first-order valence-electron chi connectivity index (χ1n) is 11.4. The third-order valence-electron chi connectivity index (χ3n) is 5.96. The highest BCUT2D eigenvalue weighted by atomic mass is 35.5. The number of carbonyl (C=O) groups excluding carboxylic acids is 2. The fourth-order valence-corrected chi connectivity index (χ4v) is 4.45. The Morgan fingerprint density at radius 3 is 2.27 bits per heavy atom. The Morgan fingerprint density at radius 1 is 1.06 bits per heavy atom. The summed E-state index contributed by atoms with van der Waals surface area (Å²) in [7, 11) is 3.04. The van der Waals surface area contributed by atoms with Gasteiger partial charge in [-0.05, 0) is 43.8 Å². The number of nitrogens with one attached hydrogen (secondary N) is 1. The van der Waals surface area contributed by atoms with Crippen molar-refractivity contribution >= 4 is 29.0 Å². The van der Waals surface area contributed by atoms with E-state index in [1.54, 1.807) is 12.1 Å². The average molecular weight is 473 g/mol. The molecule has 0 aliphatic carbocycles. The molecular weight excluding hydrogens is 440 g/mol. The topological polar surface area (TPSA) is 67.9 Å². The van der Waals surface area contributed by atoms with Gasteiger partial charge in [0.05, 0.1) is 31.5 Å². The molecule has 1 aliphatic rings. The van der Waals surface area contributed by atoms with Gasteiger partial charge in [0.25, 0.3) is 0 Å². The summed E-state index contributed by atoms with van der Waals surface area (Å²) in [6.07, 6.45) is 2.51. The van der Waals surface area contributed by atoms with Gasteiger partial charge in [-0.1, -0.05) is 49.7 Å². The van der Waals surface area contributed by atoms with E-state index in [1.165, 1.54) is 19.8 Å². The molecule has 6 nitrogen and oxygen atoms in total. The van der Waals surface area contributed by atoms with Crippen LogP contribution in [0.2, 0.25) is 5.02 Å². The normalized spacial score (nSPS) is 14.8.